The van der Waals surface area contributed by atoms with Crippen LogP contribution in [0.2, 0.25) is 0 Å². The molecule has 1 aliphatic carbocycles. The molecule has 1 fully saturated rings. The summed E-state index contributed by atoms with van der Waals surface area (Å²) in [5.41, 5.74) is 5.00. The average Bonchev–Trinajstić information content (AvgIpc) is 3.43. The molecule has 1 saturated carbocycles. The van der Waals surface area contributed by atoms with Crippen molar-refractivity contribution >= 4 is 44.2 Å². The largest absolute Gasteiger partial charge is 0.321 e. The van der Waals surface area contributed by atoms with Gasteiger partial charge >= 0.3 is 0 Å². The molecule has 33 heavy (non-hydrogen) atoms. The van der Waals surface area contributed by atoms with E-state index in [2.05, 4.69) is 30.3 Å². The number of aromatic nitrogens is 4. The fourth-order valence-electron chi connectivity index (χ4n) is 4.15. The Balaban J connectivity index is 1.41. The second-order valence-corrected chi connectivity index (χ2v) is 9.81. The van der Waals surface area contributed by atoms with Crippen molar-refractivity contribution in [3.63, 3.8) is 0 Å². The van der Waals surface area contributed by atoms with E-state index in [1.54, 1.807) is 17.5 Å². The lowest BCUT2D eigenvalue weighted by Gasteiger charge is -2.12. The van der Waals surface area contributed by atoms with E-state index in [0.717, 1.165) is 56.0 Å². The third-order valence-electron chi connectivity index (χ3n) is 6.02. The van der Waals surface area contributed by atoms with Crippen LogP contribution in [0.4, 0.5) is 5.69 Å². The van der Waals surface area contributed by atoms with Gasteiger partial charge in [-0.3, -0.25) is 4.79 Å². The summed E-state index contributed by atoms with van der Waals surface area (Å²) >= 11 is 1.63. The monoisotopic (exact) mass is 453 g/mol. The molecule has 0 unspecified atom stereocenters. The van der Waals surface area contributed by atoms with E-state index in [0.29, 0.717) is 11.5 Å². The maximum Gasteiger partial charge on any atom is 0.256 e. The van der Waals surface area contributed by atoms with Crippen molar-refractivity contribution in [2.24, 2.45) is 0 Å². The van der Waals surface area contributed by atoms with Crippen molar-refractivity contribution in [2.45, 2.75) is 38.6 Å². The van der Waals surface area contributed by atoms with Gasteiger partial charge in [-0.1, -0.05) is 24.3 Å². The van der Waals surface area contributed by atoms with Crippen LogP contribution in [-0.4, -0.2) is 25.7 Å². The van der Waals surface area contributed by atoms with Crippen LogP contribution in [0.3, 0.4) is 0 Å². The summed E-state index contributed by atoms with van der Waals surface area (Å²) in [6, 6.07) is 18.0. The molecule has 0 bridgehead atoms. The topological polar surface area (TPSA) is 72.7 Å². The summed E-state index contributed by atoms with van der Waals surface area (Å²) in [6.07, 6.45) is 4.00. The summed E-state index contributed by atoms with van der Waals surface area (Å²) in [7, 11) is 0. The van der Waals surface area contributed by atoms with Crippen LogP contribution in [0.1, 0.15) is 54.7 Å². The van der Waals surface area contributed by atoms with E-state index in [-0.39, 0.29) is 11.9 Å². The molecule has 1 N–H and O–H groups in total. The minimum atomic E-state index is -0.152. The van der Waals surface area contributed by atoms with E-state index >= 15 is 0 Å². The SMILES string of the molecule is CC(C)n1ncc2c(C(=O)Nc3ccccc3-c3nc4ccccc4s3)cc(C3CC3)nc21. The van der Waals surface area contributed by atoms with E-state index in [1.807, 2.05) is 53.2 Å². The summed E-state index contributed by atoms with van der Waals surface area (Å²) in [4.78, 5) is 23.2. The Morgan fingerprint density at radius 2 is 1.88 bits per heavy atom. The summed E-state index contributed by atoms with van der Waals surface area (Å²) in [6.45, 7) is 4.15. The number of amides is 1. The maximum atomic E-state index is 13.6. The molecular formula is C26H23N5OS. The molecule has 3 heterocycles. The summed E-state index contributed by atoms with van der Waals surface area (Å²) in [5.74, 6) is 0.285. The standard InChI is InChI=1S/C26H23N5OS/c1-15(2)31-24-19(14-27-31)18(13-22(28-24)16-11-12-16)25(32)29-20-8-4-3-7-17(20)26-30-21-9-5-6-10-23(21)33-26/h3-10,13-16H,11-12H2,1-2H3,(H,29,32). The molecule has 6 nitrogen and oxygen atoms in total. The third kappa shape index (κ3) is 3.58. The van der Waals surface area contributed by atoms with Gasteiger partial charge in [-0.15, -0.1) is 11.3 Å². The van der Waals surface area contributed by atoms with Crippen LogP contribution >= 0.6 is 11.3 Å². The minimum absolute atomic E-state index is 0.152. The fourth-order valence-corrected chi connectivity index (χ4v) is 5.15. The van der Waals surface area contributed by atoms with Gasteiger partial charge in [0.25, 0.3) is 5.91 Å². The Kier molecular flexibility index (Phi) is 4.73. The first kappa shape index (κ1) is 20.1. The van der Waals surface area contributed by atoms with Crippen LogP contribution in [-0.2, 0) is 0 Å². The second kappa shape index (κ2) is 7.78. The highest BCUT2D eigenvalue weighted by Crippen LogP contribution is 2.41. The van der Waals surface area contributed by atoms with Gasteiger partial charge in [-0.25, -0.2) is 14.6 Å². The van der Waals surface area contributed by atoms with E-state index < -0.39 is 0 Å². The summed E-state index contributed by atoms with van der Waals surface area (Å²) < 4.78 is 3.02. The number of thiazole rings is 1. The predicted octanol–water partition coefficient (Wildman–Crippen LogP) is 6.42. The van der Waals surface area contributed by atoms with Crippen molar-refractivity contribution in [3.05, 3.63) is 72.1 Å². The number of fused-ring (bicyclic) bond motifs is 2. The van der Waals surface area contributed by atoms with E-state index in [9.17, 15) is 4.79 Å². The van der Waals surface area contributed by atoms with Crippen LogP contribution in [0.15, 0.2) is 60.8 Å². The maximum absolute atomic E-state index is 13.6. The Morgan fingerprint density at radius 1 is 1.09 bits per heavy atom. The van der Waals surface area contributed by atoms with E-state index in [4.69, 9.17) is 9.97 Å². The number of carbonyl (C=O) groups excluding carboxylic acids is 1. The molecule has 6 rings (SSSR count). The third-order valence-corrected chi connectivity index (χ3v) is 7.09. The molecule has 0 saturated heterocycles. The smallest absolute Gasteiger partial charge is 0.256 e. The molecule has 7 heteroatoms. The van der Waals surface area contributed by atoms with Crippen molar-refractivity contribution in [1.82, 2.24) is 19.7 Å². The number of hydrogen-bond donors (Lipinski definition) is 1. The number of nitrogens with one attached hydrogen (secondary N) is 1. The van der Waals surface area contributed by atoms with Gasteiger partial charge in [0, 0.05) is 23.2 Å². The first-order chi connectivity index (χ1) is 16.1. The number of pyridine rings is 1. The first-order valence-corrected chi connectivity index (χ1v) is 12.0. The van der Waals surface area contributed by atoms with Crippen molar-refractivity contribution < 1.29 is 4.79 Å². The number of para-hydroxylation sites is 2. The number of carbonyl (C=O) groups is 1. The molecule has 0 radical (unpaired) electrons. The first-order valence-electron chi connectivity index (χ1n) is 11.2. The molecule has 164 valence electrons. The number of anilines is 1. The van der Waals surface area contributed by atoms with Crippen LogP contribution < -0.4 is 5.32 Å². The highest BCUT2D eigenvalue weighted by atomic mass is 32.1. The lowest BCUT2D eigenvalue weighted by Crippen LogP contribution is -2.14. The predicted molar refractivity (Wildman–Crippen MR) is 133 cm³/mol. The Bertz CT molecular complexity index is 1480. The number of benzene rings is 2. The van der Waals surface area contributed by atoms with Crippen molar-refractivity contribution in [2.75, 3.05) is 5.32 Å². The Labute approximate surface area is 195 Å². The number of hydrogen-bond acceptors (Lipinski definition) is 5. The lowest BCUT2D eigenvalue weighted by atomic mass is 10.1. The van der Waals surface area contributed by atoms with Crippen LogP contribution in [0, 0.1) is 0 Å². The van der Waals surface area contributed by atoms with Crippen LogP contribution in [0.5, 0.6) is 0 Å². The van der Waals surface area contributed by atoms with Gasteiger partial charge in [-0.05, 0) is 57.0 Å². The molecule has 0 aliphatic heterocycles. The molecular weight excluding hydrogens is 430 g/mol. The van der Waals surface area contributed by atoms with Crippen molar-refractivity contribution in [3.8, 4) is 10.6 Å². The zero-order valence-electron chi connectivity index (χ0n) is 18.4. The van der Waals surface area contributed by atoms with Gasteiger partial charge in [0.1, 0.15) is 5.01 Å². The highest BCUT2D eigenvalue weighted by Gasteiger charge is 2.28. The van der Waals surface area contributed by atoms with Gasteiger partial charge in [0.2, 0.25) is 0 Å². The van der Waals surface area contributed by atoms with Gasteiger partial charge < -0.3 is 5.32 Å². The van der Waals surface area contributed by atoms with Gasteiger partial charge in [0.05, 0.1) is 33.1 Å². The molecule has 1 aliphatic rings. The average molecular weight is 454 g/mol. The molecule has 0 spiro atoms. The van der Waals surface area contributed by atoms with Gasteiger partial charge in [-0.2, -0.15) is 5.10 Å². The normalized spacial score (nSPS) is 13.8. The minimum Gasteiger partial charge on any atom is -0.321 e. The van der Waals surface area contributed by atoms with Crippen molar-refractivity contribution in [1.29, 1.82) is 0 Å². The second-order valence-electron chi connectivity index (χ2n) is 8.78. The highest BCUT2D eigenvalue weighted by molar-refractivity contribution is 7.21. The summed E-state index contributed by atoms with van der Waals surface area (Å²) in [5, 5.41) is 9.34. The molecule has 5 aromatic rings. The lowest BCUT2D eigenvalue weighted by molar-refractivity contribution is 0.102. The zero-order valence-corrected chi connectivity index (χ0v) is 19.3. The fraction of sp³-hybridized carbons (Fsp3) is 0.231. The Hall–Kier alpha value is -3.58. The zero-order chi connectivity index (χ0) is 22.5. The molecule has 1 amide bonds. The Morgan fingerprint density at radius 3 is 2.67 bits per heavy atom. The molecule has 0 atom stereocenters. The van der Waals surface area contributed by atoms with E-state index in [1.165, 1.54) is 0 Å². The number of nitrogens with zero attached hydrogens (tertiary/aromatic N) is 4. The van der Waals surface area contributed by atoms with Gasteiger partial charge in [0.15, 0.2) is 5.65 Å². The molecule has 3 aromatic heterocycles. The van der Waals surface area contributed by atoms with Crippen LogP contribution in [0.25, 0.3) is 31.8 Å². The molecule has 2 aromatic carbocycles. The quantitative estimate of drug-likeness (QED) is 0.333. The number of rotatable bonds is 5.